The number of fused-ring (bicyclic) bond motifs is 1. The fourth-order valence-electron chi connectivity index (χ4n) is 4.14. The first-order valence-corrected chi connectivity index (χ1v) is 9.77. The number of rotatable bonds is 5. The molecule has 0 unspecified atom stereocenters. The normalized spacial score (nSPS) is 22.9. The molecule has 2 aliphatic carbocycles. The lowest BCUT2D eigenvalue weighted by Crippen LogP contribution is -2.32. The standard InChI is InChI=1S/C20H26N6/c1-12(2)26-18-5-6-22-20(16(18)10-23-26)17-11-25(15-7-13(8-15)9-21)24-19(17)14-3-4-14/h5-6,10-15H,3-4,7-9,21H2,1-2H3. The molecule has 0 aromatic carbocycles. The molecule has 3 aromatic rings. The van der Waals surface area contributed by atoms with Gasteiger partial charge in [-0.05, 0) is 58.1 Å². The van der Waals surface area contributed by atoms with E-state index in [1.165, 1.54) is 24.1 Å². The highest BCUT2D eigenvalue weighted by atomic mass is 15.3. The van der Waals surface area contributed by atoms with Crippen LogP contribution in [-0.2, 0) is 0 Å². The van der Waals surface area contributed by atoms with Crippen LogP contribution >= 0.6 is 0 Å². The molecule has 136 valence electrons. The van der Waals surface area contributed by atoms with Crippen molar-refractivity contribution in [3.05, 3.63) is 30.4 Å². The van der Waals surface area contributed by atoms with Crippen LogP contribution in [-0.4, -0.2) is 31.1 Å². The predicted octanol–water partition coefficient (Wildman–Crippen LogP) is 3.66. The maximum absolute atomic E-state index is 5.80. The molecule has 0 radical (unpaired) electrons. The molecule has 5 rings (SSSR count). The van der Waals surface area contributed by atoms with Gasteiger partial charge < -0.3 is 5.73 Å². The number of nitrogens with zero attached hydrogens (tertiary/aromatic N) is 5. The van der Waals surface area contributed by atoms with Crippen LogP contribution in [0.1, 0.15) is 63.2 Å². The molecule has 6 nitrogen and oxygen atoms in total. The van der Waals surface area contributed by atoms with E-state index in [2.05, 4.69) is 40.6 Å². The van der Waals surface area contributed by atoms with E-state index in [0.29, 0.717) is 23.9 Å². The van der Waals surface area contributed by atoms with Crippen molar-refractivity contribution in [2.45, 2.75) is 57.5 Å². The van der Waals surface area contributed by atoms with E-state index in [1.54, 1.807) is 0 Å². The first-order chi connectivity index (χ1) is 12.7. The molecule has 6 heteroatoms. The molecule has 2 aliphatic rings. The van der Waals surface area contributed by atoms with Gasteiger partial charge in [-0.25, -0.2) is 0 Å². The Morgan fingerprint density at radius 2 is 2.08 bits per heavy atom. The molecule has 3 aromatic heterocycles. The van der Waals surface area contributed by atoms with Gasteiger partial charge in [0, 0.05) is 35.3 Å². The monoisotopic (exact) mass is 350 g/mol. The van der Waals surface area contributed by atoms with Crippen molar-refractivity contribution in [3.63, 3.8) is 0 Å². The molecule has 2 saturated carbocycles. The summed E-state index contributed by atoms with van der Waals surface area (Å²) in [6, 6.07) is 2.88. The number of hydrogen-bond donors (Lipinski definition) is 1. The van der Waals surface area contributed by atoms with Crippen molar-refractivity contribution in [3.8, 4) is 11.3 Å². The minimum Gasteiger partial charge on any atom is -0.330 e. The maximum Gasteiger partial charge on any atom is 0.0846 e. The number of hydrogen-bond acceptors (Lipinski definition) is 4. The van der Waals surface area contributed by atoms with Crippen LogP contribution < -0.4 is 5.73 Å². The molecule has 26 heavy (non-hydrogen) atoms. The Balaban J connectivity index is 1.59. The van der Waals surface area contributed by atoms with Crippen LogP contribution in [0.3, 0.4) is 0 Å². The van der Waals surface area contributed by atoms with Gasteiger partial charge in [-0.3, -0.25) is 14.3 Å². The largest absolute Gasteiger partial charge is 0.330 e. The second-order valence-corrected chi connectivity index (χ2v) is 8.18. The first-order valence-electron chi connectivity index (χ1n) is 9.77. The molecular weight excluding hydrogens is 324 g/mol. The summed E-state index contributed by atoms with van der Waals surface area (Å²) >= 11 is 0. The number of aromatic nitrogens is 5. The van der Waals surface area contributed by atoms with Crippen molar-refractivity contribution in [1.29, 1.82) is 0 Å². The predicted molar refractivity (Wildman–Crippen MR) is 102 cm³/mol. The smallest absolute Gasteiger partial charge is 0.0846 e. The molecule has 0 saturated heterocycles. The molecule has 0 aliphatic heterocycles. The van der Waals surface area contributed by atoms with E-state index in [4.69, 9.17) is 15.8 Å². The lowest BCUT2D eigenvalue weighted by Gasteiger charge is -2.34. The van der Waals surface area contributed by atoms with Gasteiger partial charge in [-0.2, -0.15) is 10.2 Å². The Kier molecular flexibility index (Phi) is 3.64. The Morgan fingerprint density at radius 3 is 2.77 bits per heavy atom. The van der Waals surface area contributed by atoms with E-state index in [9.17, 15) is 0 Å². The first kappa shape index (κ1) is 16.0. The Hall–Kier alpha value is -2.21. The summed E-state index contributed by atoms with van der Waals surface area (Å²) in [4.78, 5) is 4.74. The SMILES string of the molecule is CC(C)n1ncc2c(-c3cn(C4CC(CN)C4)nc3C3CC3)nccc21. The van der Waals surface area contributed by atoms with Crippen LogP contribution in [0.25, 0.3) is 22.2 Å². The summed E-state index contributed by atoms with van der Waals surface area (Å²) in [7, 11) is 0. The summed E-state index contributed by atoms with van der Waals surface area (Å²) in [6.07, 6.45) is 10.8. The van der Waals surface area contributed by atoms with Crippen molar-refractivity contribution >= 4 is 10.9 Å². The zero-order valence-electron chi connectivity index (χ0n) is 15.5. The van der Waals surface area contributed by atoms with Gasteiger partial charge in [0.1, 0.15) is 0 Å². The fraction of sp³-hybridized carbons (Fsp3) is 0.550. The highest BCUT2D eigenvalue weighted by molar-refractivity contribution is 5.92. The van der Waals surface area contributed by atoms with E-state index in [-0.39, 0.29) is 0 Å². The van der Waals surface area contributed by atoms with Gasteiger partial charge in [-0.1, -0.05) is 0 Å². The van der Waals surface area contributed by atoms with Gasteiger partial charge in [0.25, 0.3) is 0 Å². The average molecular weight is 350 g/mol. The highest BCUT2D eigenvalue weighted by Crippen LogP contribution is 2.46. The van der Waals surface area contributed by atoms with Crippen molar-refractivity contribution < 1.29 is 0 Å². The zero-order chi connectivity index (χ0) is 17.8. The van der Waals surface area contributed by atoms with E-state index < -0.39 is 0 Å². The van der Waals surface area contributed by atoms with E-state index in [0.717, 1.165) is 36.0 Å². The lowest BCUT2D eigenvalue weighted by atomic mass is 9.80. The third kappa shape index (κ3) is 2.47. The second kappa shape index (κ2) is 5.91. The molecule has 0 atom stereocenters. The highest BCUT2D eigenvalue weighted by Gasteiger charge is 2.35. The van der Waals surface area contributed by atoms with Crippen LogP contribution in [0.4, 0.5) is 0 Å². The van der Waals surface area contributed by atoms with E-state index >= 15 is 0 Å². The third-order valence-electron chi connectivity index (χ3n) is 5.91. The summed E-state index contributed by atoms with van der Waals surface area (Å²) in [5, 5.41) is 10.7. The van der Waals surface area contributed by atoms with Crippen LogP contribution in [0.5, 0.6) is 0 Å². The molecular formula is C20H26N6. The molecule has 0 amide bonds. The van der Waals surface area contributed by atoms with Gasteiger partial charge >= 0.3 is 0 Å². The molecule has 0 spiro atoms. The van der Waals surface area contributed by atoms with Crippen LogP contribution in [0.15, 0.2) is 24.7 Å². The second-order valence-electron chi connectivity index (χ2n) is 8.18. The van der Waals surface area contributed by atoms with Crippen molar-refractivity contribution in [2.24, 2.45) is 11.7 Å². The Labute approximate surface area is 153 Å². The average Bonchev–Trinajstić information content (AvgIpc) is 3.19. The maximum atomic E-state index is 5.80. The third-order valence-corrected chi connectivity index (χ3v) is 5.91. The Bertz CT molecular complexity index is 943. The van der Waals surface area contributed by atoms with Crippen molar-refractivity contribution in [1.82, 2.24) is 24.5 Å². The van der Waals surface area contributed by atoms with Crippen LogP contribution in [0.2, 0.25) is 0 Å². The van der Waals surface area contributed by atoms with Gasteiger partial charge in [-0.15, -0.1) is 0 Å². The number of nitrogens with two attached hydrogens (primary N) is 1. The summed E-state index contributed by atoms with van der Waals surface area (Å²) in [5.74, 6) is 1.25. The molecule has 0 bridgehead atoms. The van der Waals surface area contributed by atoms with Gasteiger partial charge in [0.05, 0.1) is 29.1 Å². The summed E-state index contributed by atoms with van der Waals surface area (Å²) in [6.45, 7) is 5.10. The quantitative estimate of drug-likeness (QED) is 0.762. The minimum atomic E-state index is 0.330. The molecule has 2 N–H and O–H groups in total. The van der Waals surface area contributed by atoms with Crippen molar-refractivity contribution in [2.75, 3.05) is 6.54 Å². The molecule has 3 heterocycles. The summed E-state index contributed by atoms with van der Waals surface area (Å²) in [5.41, 5.74) is 10.4. The number of pyridine rings is 1. The Morgan fingerprint density at radius 1 is 1.27 bits per heavy atom. The minimum absolute atomic E-state index is 0.330. The lowest BCUT2D eigenvalue weighted by molar-refractivity contribution is 0.189. The fourth-order valence-corrected chi connectivity index (χ4v) is 4.14. The van der Waals surface area contributed by atoms with Crippen LogP contribution in [0, 0.1) is 5.92 Å². The van der Waals surface area contributed by atoms with Gasteiger partial charge in [0.15, 0.2) is 0 Å². The summed E-state index contributed by atoms with van der Waals surface area (Å²) < 4.78 is 4.25. The van der Waals surface area contributed by atoms with E-state index in [1.807, 2.05) is 12.4 Å². The van der Waals surface area contributed by atoms with Gasteiger partial charge in [0.2, 0.25) is 0 Å². The topological polar surface area (TPSA) is 74.5 Å². The zero-order valence-corrected chi connectivity index (χ0v) is 15.5. The molecule has 2 fully saturated rings.